The molecule has 1 aromatic heterocycles. The second kappa shape index (κ2) is 7.99. The number of benzene rings is 2. The van der Waals surface area contributed by atoms with Crippen LogP contribution in [-0.2, 0) is 21.5 Å². The number of carboxylic acids is 1. The maximum absolute atomic E-state index is 12.7. The highest BCUT2D eigenvalue weighted by Crippen LogP contribution is 2.35. The van der Waals surface area contributed by atoms with Crippen LogP contribution in [-0.4, -0.2) is 27.8 Å². The third-order valence-corrected chi connectivity index (χ3v) is 4.65. The van der Waals surface area contributed by atoms with E-state index >= 15 is 0 Å². The summed E-state index contributed by atoms with van der Waals surface area (Å²) in [5, 5.41) is 13.5. The molecular weight excluding hydrogens is 368 g/mol. The monoisotopic (exact) mass is 394 g/mol. The normalized spacial score (nSPS) is 13.6. The first kappa shape index (κ1) is 20.5. The number of hydrogen-bond donors (Lipinski definition) is 3. The molecule has 3 N–H and O–H groups in total. The van der Waals surface area contributed by atoms with Crippen LogP contribution in [0.2, 0.25) is 0 Å². The molecule has 2 aromatic carbocycles. The van der Waals surface area contributed by atoms with Crippen molar-refractivity contribution in [1.82, 2.24) is 10.3 Å². The van der Waals surface area contributed by atoms with E-state index in [1.54, 1.807) is 27.0 Å². The number of aromatic amines is 1. The molecule has 0 saturated carbocycles. The zero-order valence-electron chi connectivity index (χ0n) is 16.9. The van der Waals surface area contributed by atoms with Gasteiger partial charge in [0, 0.05) is 29.1 Å². The largest absolute Gasteiger partial charge is 0.481 e. The van der Waals surface area contributed by atoms with Crippen molar-refractivity contribution in [3.8, 4) is 0 Å². The minimum Gasteiger partial charge on any atom is -0.481 e. The number of carboxylic acid groups (broad SMARTS) is 1. The number of ether oxygens (including phenoxy) is 1. The van der Waals surface area contributed by atoms with Gasteiger partial charge in [0.2, 0.25) is 0 Å². The summed E-state index contributed by atoms with van der Waals surface area (Å²) in [5.74, 6) is -1.01. The number of carbonyl (C=O) groups excluding carboxylic acids is 1. The number of hydrogen-bond acceptors (Lipinski definition) is 3. The number of nitrogens with one attached hydrogen (secondary N) is 2. The van der Waals surface area contributed by atoms with E-state index in [4.69, 9.17) is 4.74 Å². The number of alkyl carbamates (subject to hydrolysis) is 1. The van der Waals surface area contributed by atoms with Crippen molar-refractivity contribution in [1.29, 1.82) is 0 Å². The Morgan fingerprint density at radius 1 is 1.03 bits per heavy atom. The first-order valence-electron chi connectivity index (χ1n) is 9.52. The molecule has 0 aliphatic carbocycles. The van der Waals surface area contributed by atoms with Crippen molar-refractivity contribution in [2.45, 2.75) is 44.8 Å². The Labute approximate surface area is 169 Å². The lowest BCUT2D eigenvalue weighted by Crippen LogP contribution is -2.50. The molecule has 3 rings (SSSR count). The van der Waals surface area contributed by atoms with E-state index in [0.29, 0.717) is 12.0 Å². The predicted molar refractivity (Wildman–Crippen MR) is 112 cm³/mol. The fourth-order valence-electron chi connectivity index (χ4n) is 3.58. The van der Waals surface area contributed by atoms with E-state index in [2.05, 4.69) is 10.3 Å². The molecule has 0 spiro atoms. The van der Waals surface area contributed by atoms with E-state index in [1.807, 2.05) is 54.6 Å². The van der Waals surface area contributed by atoms with Crippen LogP contribution in [0.25, 0.3) is 10.9 Å². The molecule has 0 radical (unpaired) electrons. The van der Waals surface area contributed by atoms with Crippen LogP contribution in [0.1, 0.15) is 38.3 Å². The van der Waals surface area contributed by atoms with Gasteiger partial charge < -0.3 is 20.1 Å². The van der Waals surface area contributed by atoms with E-state index in [0.717, 1.165) is 16.5 Å². The maximum atomic E-state index is 12.7. The molecule has 6 nitrogen and oxygen atoms in total. The summed E-state index contributed by atoms with van der Waals surface area (Å²) in [6.45, 7) is 5.32. The van der Waals surface area contributed by atoms with Crippen molar-refractivity contribution < 1.29 is 19.4 Å². The molecule has 1 heterocycles. The van der Waals surface area contributed by atoms with E-state index < -0.39 is 23.2 Å². The second-order valence-corrected chi connectivity index (χ2v) is 8.19. The van der Waals surface area contributed by atoms with Crippen molar-refractivity contribution in [2.24, 2.45) is 0 Å². The van der Waals surface area contributed by atoms with Crippen molar-refractivity contribution in [2.75, 3.05) is 0 Å². The SMILES string of the molecule is CC(C)(C)OC(=O)NC(CC(=O)O)(Cc1ccccc1)c1c[nH]c2ccccc12. The molecule has 29 heavy (non-hydrogen) atoms. The molecule has 0 fully saturated rings. The van der Waals surface area contributed by atoms with Gasteiger partial charge in [0.15, 0.2) is 0 Å². The van der Waals surface area contributed by atoms with Gasteiger partial charge in [-0.2, -0.15) is 0 Å². The summed E-state index contributed by atoms with van der Waals surface area (Å²) < 4.78 is 5.47. The maximum Gasteiger partial charge on any atom is 0.408 e. The fraction of sp³-hybridized carbons (Fsp3) is 0.304. The van der Waals surface area contributed by atoms with Gasteiger partial charge in [-0.15, -0.1) is 0 Å². The number of carbonyl (C=O) groups is 2. The van der Waals surface area contributed by atoms with Gasteiger partial charge in [-0.25, -0.2) is 4.79 Å². The fourth-order valence-corrected chi connectivity index (χ4v) is 3.58. The molecule has 3 aromatic rings. The number of rotatable bonds is 6. The van der Waals surface area contributed by atoms with Crippen LogP contribution in [0, 0.1) is 0 Å². The standard InChI is InChI=1S/C23H26N2O4/c1-22(2,3)29-21(28)25-23(14-20(26)27,13-16-9-5-4-6-10-16)18-15-24-19-12-8-7-11-17(18)19/h4-12,15,24H,13-14H2,1-3H3,(H,25,28)(H,26,27). The smallest absolute Gasteiger partial charge is 0.408 e. The van der Waals surface area contributed by atoms with Crippen molar-refractivity contribution in [3.05, 3.63) is 71.9 Å². The number of aliphatic carboxylic acids is 1. The molecular formula is C23H26N2O4. The molecule has 152 valence electrons. The zero-order valence-corrected chi connectivity index (χ0v) is 16.9. The molecule has 0 aliphatic heterocycles. The van der Waals surface area contributed by atoms with Crippen molar-refractivity contribution >= 4 is 23.0 Å². The summed E-state index contributed by atoms with van der Waals surface area (Å²) in [5.41, 5.74) is 0.609. The topological polar surface area (TPSA) is 91.4 Å². The average molecular weight is 394 g/mol. The van der Waals surface area contributed by atoms with Crippen LogP contribution in [0.4, 0.5) is 4.79 Å². The Morgan fingerprint density at radius 2 is 1.69 bits per heavy atom. The van der Waals surface area contributed by atoms with Gasteiger partial charge >= 0.3 is 12.1 Å². The lowest BCUT2D eigenvalue weighted by Gasteiger charge is -2.34. The van der Waals surface area contributed by atoms with E-state index in [-0.39, 0.29) is 6.42 Å². The van der Waals surface area contributed by atoms with Crippen LogP contribution < -0.4 is 5.32 Å². The Bertz CT molecular complexity index is 1000. The minimum atomic E-state index is -1.19. The first-order chi connectivity index (χ1) is 13.7. The summed E-state index contributed by atoms with van der Waals surface area (Å²) in [6.07, 6.45) is 1.14. The van der Waals surface area contributed by atoms with Crippen molar-refractivity contribution in [3.63, 3.8) is 0 Å². The number of fused-ring (bicyclic) bond motifs is 1. The quantitative estimate of drug-likeness (QED) is 0.569. The third-order valence-electron chi connectivity index (χ3n) is 4.65. The average Bonchev–Trinajstić information content (AvgIpc) is 3.05. The van der Waals surface area contributed by atoms with Gasteiger partial charge in [-0.05, 0) is 32.4 Å². The van der Waals surface area contributed by atoms with Crippen LogP contribution in [0.15, 0.2) is 60.8 Å². The van der Waals surface area contributed by atoms with Crippen LogP contribution in [0.3, 0.4) is 0 Å². The lowest BCUT2D eigenvalue weighted by molar-refractivity contribution is -0.138. The van der Waals surface area contributed by atoms with Gasteiger partial charge in [0.05, 0.1) is 12.0 Å². The molecule has 1 unspecified atom stereocenters. The highest BCUT2D eigenvalue weighted by molar-refractivity contribution is 5.86. The number of amides is 1. The van der Waals surface area contributed by atoms with Crippen LogP contribution in [0.5, 0.6) is 0 Å². The summed E-state index contributed by atoms with van der Waals surface area (Å²) >= 11 is 0. The predicted octanol–water partition coefficient (Wildman–Crippen LogP) is 4.61. The Kier molecular flexibility index (Phi) is 5.64. The number of aromatic nitrogens is 1. The van der Waals surface area contributed by atoms with Gasteiger partial charge in [-0.3, -0.25) is 4.79 Å². The summed E-state index contributed by atoms with van der Waals surface area (Å²) in [6, 6.07) is 17.1. The zero-order chi connectivity index (χ0) is 21.1. The molecule has 1 atom stereocenters. The molecule has 6 heteroatoms. The highest BCUT2D eigenvalue weighted by Gasteiger charge is 2.40. The first-order valence-corrected chi connectivity index (χ1v) is 9.52. The number of H-pyrrole nitrogens is 1. The molecule has 1 amide bonds. The molecule has 0 saturated heterocycles. The Balaban J connectivity index is 2.13. The third kappa shape index (κ3) is 4.96. The van der Waals surface area contributed by atoms with Gasteiger partial charge in [0.25, 0.3) is 0 Å². The van der Waals surface area contributed by atoms with Crippen LogP contribution >= 0.6 is 0 Å². The lowest BCUT2D eigenvalue weighted by atomic mass is 9.81. The second-order valence-electron chi connectivity index (χ2n) is 8.19. The number of para-hydroxylation sites is 1. The van der Waals surface area contributed by atoms with E-state index in [1.165, 1.54) is 0 Å². The highest BCUT2D eigenvalue weighted by atomic mass is 16.6. The van der Waals surface area contributed by atoms with Gasteiger partial charge in [0.1, 0.15) is 5.60 Å². The van der Waals surface area contributed by atoms with Gasteiger partial charge in [-0.1, -0.05) is 48.5 Å². The minimum absolute atomic E-state index is 0.289. The Morgan fingerprint density at radius 3 is 2.34 bits per heavy atom. The summed E-state index contributed by atoms with van der Waals surface area (Å²) in [7, 11) is 0. The Hall–Kier alpha value is -3.28. The molecule has 0 aliphatic rings. The summed E-state index contributed by atoms with van der Waals surface area (Å²) in [4.78, 5) is 27.8. The molecule has 0 bridgehead atoms. The van der Waals surface area contributed by atoms with E-state index in [9.17, 15) is 14.7 Å².